The second-order valence-electron chi connectivity index (χ2n) is 5.00. The van der Waals surface area contributed by atoms with Gasteiger partial charge in [0.2, 0.25) is 10.0 Å². The third kappa shape index (κ3) is 2.45. The van der Waals surface area contributed by atoms with Crippen LogP contribution in [0.1, 0.15) is 12.5 Å². The van der Waals surface area contributed by atoms with E-state index >= 15 is 0 Å². The van der Waals surface area contributed by atoms with Gasteiger partial charge in [-0.25, -0.2) is 18.1 Å². The van der Waals surface area contributed by atoms with Gasteiger partial charge in [0, 0.05) is 7.05 Å². The molecule has 0 aliphatic carbocycles. The second kappa shape index (κ2) is 5.21. The lowest BCUT2D eigenvalue weighted by Gasteiger charge is -2.21. The van der Waals surface area contributed by atoms with Crippen molar-refractivity contribution in [2.24, 2.45) is 10.5 Å². The normalized spacial score (nSPS) is 22.6. The van der Waals surface area contributed by atoms with Gasteiger partial charge in [-0.15, -0.1) is 0 Å². The van der Waals surface area contributed by atoms with Gasteiger partial charge in [0.05, 0.1) is 17.2 Å². The van der Waals surface area contributed by atoms with Crippen LogP contribution in [0.15, 0.2) is 34.3 Å². The minimum atomic E-state index is -3.51. The summed E-state index contributed by atoms with van der Waals surface area (Å²) in [7, 11) is -0.660. The first kappa shape index (κ1) is 15.6. The molecule has 1 aliphatic heterocycles. The first-order valence-electron chi connectivity index (χ1n) is 6.28. The topological polar surface area (TPSA) is 99.1 Å². The summed E-state index contributed by atoms with van der Waals surface area (Å²) in [6, 6.07) is 6.02. The van der Waals surface area contributed by atoms with E-state index in [-0.39, 0.29) is 17.4 Å². The van der Waals surface area contributed by atoms with E-state index in [0.29, 0.717) is 11.3 Å². The lowest BCUT2D eigenvalue weighted by Crippen LogP contribution is -2.39. The van der Waals surface area contributed by atoms with Crippen molar-refractivity contribution in [3.05, 3.63) is 29.8 Å². The number of rotatable bonds is 4. The molecule has 2 N–H and O–H groups in total. The Morgan fingerprint density at radius 2 is 1.90 bits per heavy atom. The number of carbonyl (C=O) groups excluding carboxylic acids is 1. The van der Waals surface area contributed by atoms with Crippen molar-refractivity contribution < 1.29 is 18.3 Å². The third-order valence-electron chi connectivity index (χ3n) is 3.56. The van der Waals surface area contributed by atoms with E-state index in [1.165, 1.54) is 31.2 Å². The molecule has 0 radical (unpaired) electrons. The van der Waals surface area contributed by atoms with Gasteiger partial charge in [0.1, 0.15) is 5.41 Å². The first-order valence-corrected chi connectivity index (χ1v) is 7.76. The highest BCUT2D eigenvalue weighted by atomic mass is 32.2. The number of amides is 1. The molecular weight excluding hydrogens is 294 g/mol. The number of hydrazone groups is 1. The second-order valence-corrected chi connectivity index (χ2v) is 6.89. The van der Waals surface area contributed by atoms with Crippen molar-refractivity contribution in [1.82, 2.24) is 9.73 Å². The Labute approximate surface area is 123 Å². The Bertz CT molecular complexity index is 697. The molecule has 8 heteroatoms. The van der Waals surface area contributed by atoms with Gasteiger partial charge in [0.25, 0.3) is 5.91 Å². The van der Waals surface area contributed by atoms with Crippen molar-refractivity contribution in [3.8, 4) is 0 Å². The molecule has 21 heavy (non-hydrogen) atoms. The van der Waals surface area contributed by atoms with E-state index in [9.17, 15) is 18.3 Å². The number of carbonyl (C=O) groups is 1. The van der Waals surface area contributed by atoms with Crippen molar-refractivity contribution in [1.29, 1.82) is 0 Å². The maximum absolute atomic E-state index is 12.1. The van der Waals surface area contributed by atoms with Gasteiger partial charge in [-0.1, -0.05) is 12.1 Å². The van der Waals surface area contributed by atoms with Crippen molar-refractivity contribution in [3.63, 3.8) is 0 Å². The highest BCUT2D eigenvalue weighted by molar-refractivity contribution is 7.89. The molecule has 0 saturated carbocycles. The molecule has 0 saturated heterocycles. The summed E-state index contributed by atoms with van der Waals surface area (Å²) in [5.74, 6) is -0.299. The van der Waals surface area contributed by atoms with Crippen molar-refractivity contribution >= 4 is 21.6 Å². The summed E-state index contributed by atoms with van der Waals surface area (Å²) in [5.41, 5.74) is -0.0942. The molecular formula is C13H17N3O4S. The summed E-state index contributed by atoms with van der Waals surface area (Å²) in [5, 5.41) is 14.9. The van der Waals surface area contributed by atoms with Crippen LogP contribution in [0.25, 0.3) is 0 Å². The molecule has 0 bridgehead atoms. The van der Waals surface area contributed by atoms with E-state index < -0.39 is 15.4 Å². The molecule has 1 aromatic carbocycles. The Balaban J connectivity index is 2.44. The molecule has 1 aromatic rings. The van der Waals surface area contributed by atoms with Crippen LogP contribution < -0.4 is 4.72 Å². The number of benzene rings is 1. The summed E-state index contributed by atoms with van der Waals surface area (Å²) >= 11 is 0. The number of hydrogen-bond acceptors (Lipinski definition) is 5. The Morgan fingerprint density at radius 3 is 2.38 bits per heavy atom. The summed E-state index contributed by atoms with van der Waals surface area (Å²) < 4.78 is 25.6. The molecule has 114 valence electrons. The fraction of sp³-hybridized carbons (Fsp3) is 0.385. The van der Waals surface area contributed by atoms with Gasteiger partial charge < -0.3 is 5.11 Å². The summed E-state index contributed by atoms with van der Waals surface area (Å²) in [6.45, 7) is 1.24. The van der Waals surface area contributed by atoms with Gasteiger partial charge in [-0.2, -0.15) is 5.10 Å². The zero-order chi connectivity index (χ0) is 15.8. The van der Waals surface area contributed by atoms with E-state index in [1.807, 2.05) is 0 Å². The maximum atomic E-state index is 12.1. The molecule has 1 aliphatic rings. The lowest BCUT2D eigenvalue weighted by molar-refractivity contribution is -0.135. The number of aliphatic hydroxyl groups excluding tert-OH is 1. The molecule has 0 aromatic heterocycles. The van der Waals surface area contributed by atoms with E-state index in [2.05, 4.69) is 9.82 Å². The first-order chi connectivity index (χ1) is 9.76. The average Bonchev–Trinajstić information content (AvgIpc) is 2.72. The predicted octanol–water partition coefficient (Wildman–Crippen LogP) is -0.231. The molecule has 7 nitrogen and oxygen atoms in total. The van der Waals surface area contributed by atoms with Crippen LogP contribution in [0.5, 0.6) is 0 Å². The Hall–Kier alpha value is -1.77. The molecule has 0 spiro atoms. The van der Waals surface area contributed by atoms with Gasteiger partial charge in [-0.3, -0.25) is 4.79 Å². The van der Waals surface area contributed by atoms with Crippen LogP contribution in [0.2, 0.25) is 0 Å². The Kier molecular flexibility index (Phi) is 3.87. The molecule has 1 heterocycles. The lowest BCUT2D eigenvalue weighted by atomic mass is 9.82. The van der Waals surface area contributed by atoms with Gasteiger partial charge in [0.15, 0.2) is 0 Å². The molecule has 0 fully saturated rings. The fourth-order valence-corrected chi connectivity index (χ4v) is 2.92. The number of nitrogens with zero attached hydrogens (tertiary/aromatic N) is 2. The standard InChI is InChI=1S/C13H17N3O4S/c1-13(8-17)11(15-16(3)12(13)18)9-4-6-10(7-5-9)21(19,20)14-2/h4-7,14,17H,8H2,1-3H3. The van der Waals surface area contributed by atoms with Crippen LogP contribution in [-0.4, -0.2) is 50.9 Å². The van der Waals surface area contributed by atoms with Gasteiger partial charge in [-0.05, 0) is 31.7 Å². The highest BCUT2D eigenvalue weighted by Crippen LogP contribution is 2.31. The molecule has 1 atom stereocenters. The fourth-order valence-electron chi connectivity index (χ4n) is 2.19. The monoisotopic (exact) mass is 311 g/mol. The smallest absolute Gasteiger partial charge is 0.256 e. The molecule has 1 unspecified atom stereocenters. The van der Waals surface area contributed by atoms with E-state index in [4.69, 9.17) is 0 Å². The van der Waals surface area contributed by atoms with Crippen LogP contribution in [0.4, 0.5) is 0 Å². The van der Waals surface area contributed by atoms with Crippen LogP contribution >= 0.6 is 0 Å². The quantitative estimate of drug-likeness (QED) is 0.802. The number of sulfonamides is 1. The number of aliphatic hydroxyl groups is 1. The number of nitrogens with one attached hydrogen (secondary N) is 1. The average molecular weight is 311 g/mol. The summed E-state index contributed by atoms with van der Waals surface area (Å²) in [6.07, 6.45) is 0. The third-order valence-corrected chi connectivity index (χ3v) is 4.99. The van der Waals surface area contributed by atoms with Crippen LogP contribution in [0, 0.1) is 5.41 Å². The molecule has 1 amide bonds. The van der Waals surface area contributed by atoms with Crippen molar-refractivity contribution in [2.45, 2.75) is 11.8 Å². The summed E-state index contributed by atoms with van der Waals surface area (Å²) in [4.78, 5) is 12.2. The van der Waals surface area contributed by atoms with Crippen LogP contribution in [0.3, 0.4) is 0 Å². The Morgan fingerprint density at radius 1 is 1.33 bits per heavy atom. The zero-order valence-corrected chi connectivity index (χ0v) is 12.8. The SMILES string of the molecule is CNS(=O)(=O)c1ccc(C2=NN(C)C(=O)C2(C)CO)cc1. The molecule has 2 rings (SSSR count). The van der Waals surface area contributed by atoms with Crippen molar-refractivity contribution in [2.75, 3.05) is 20.7 Å². The van der Waals surface area contributed by atoms with E-state index in [1.54, 1.807) is 19.1 Å². The minimum absolute atomic E-state index is 0.123. The largest absolute Gasteiger partial charge is 0.395 e. The number of hydrogen-bond donors (Lipinski definition) is 2. The van der Waals surface area contributed by atoms with Crippen LogP contribution in [-0.2, 0) is 14.8 Å². The minimum Gasteiger partial charge on any atom is -0.395 e. The zero-order valence-electron chi connectivity index (χ0n) is 12.0. The highest BCUT2D eigenvalue weighted by Gasteiger charge is 2.46. The van der Waals surface area contributed by atoms with Gasteiger partial charge >= 0.3 is 0 Å². The maximum Gasteiger partial charge on any atom is 0.256 e. The van der Waals surface area contributed by atoms with E-state index in [0.717, 1.165) is 0 Å². The predicted molar refractivity (Wildman–Crippen MR) is 77.2 cm³/mol.